The van der Waals surface area contributed by atoms with Crippen LogP contribution in [0, 0.1) is 6.20 Å². The molecule has 177 valence electrons. The van der Waals surface area contributed by atoms with Gasteiger partial charge in [-0.2, -0.15) is 0 Å². The fourth-order valence-electron chi connectivity index (χ4n) is 5.48. The summed E-state index contributed by atoms with van der Waals surface area (Å²) in [6.07, 6.45) is 4.37. The second-order valence-corrected chi connectivity index (χ2v) is 12.9. The second-order valence-electron chi connectivity index (χ2n) is 12.9. The summed E-state index contributed by atoms with van der Waals surface area (Å²) in [4.78, 5) is 19.6. The molecule has 0 saturated carbocycles. The molecule has 0 N–H and O–H groups in total. The molecule has 6 heteroatoms. The topological polar surface area (TPSA) is 56.0 Å². The van der Waals surface area contributed by atoms with E-state index in [0.717, 1.165) is 40.1 Å². The third-order valence-electron chi connectivity index (χ3n) is 6.83. The average molecular weight is 621 g/mol. The third-order valence-corrected chi connectivity index (χ3v) is 6.83. The molecule has 4 aromatic rings. The Hall–Kier alpha value is -1.91. The van der Waals surface area contributed by atoms with Crippen LogP contribution in [0.2, 0.25) is 0 Å². The molecule has 33 heavy (non-hydrogen) atoms. The smallest absolute Gasteiger partial charge is 0.103 e. The van der Waals surface area contributed by atoms with Gasteiger partial charge in [0.05, 0.1) is 28.2 Å². The van der Waals surface area contributed by atoms with Crippen LogP contribution in [0.25, 0.3) is 27.7 Å². The zero-order valence-corrected chi connectivity index (χ0v) is 23.8. The second kappa shape index (κ2) is 7.05. The van der Waals surface area contributed by atoms with E-state index in [9.17, 15) is 0 Å². The number of fused-ring (bicyclic) bond motifs is 6. The van der Waals surface area contributed by atoms with Gasteiger partial charge in [0, 0.05) is 25.5 Å². The van der Waals surface area contributed by atoms with E-state index in [-0.39, 0.29) is 41.8 Å². The van der Waals surface area contributed by atoms with Crippen molar-refractivity contribution in [2.75, 3.05) is 0 Å². The third kappa shape index (κ3) is 3.61. The Balaban J connectivity index is 0.00000259. The minimum absolute atomic E-state index is 0. The van der Waals surface area contributed by atoms with Crippen LogP contribution < -0.4 is 0 Å². The van der Waals surface area contributed by atoms with E-state index in [2.05, 4.69) is 97.0 Å². The summed E-state index contributed by atoms with van der Waals surface area (Å²) in [6.45, 7) is 22.3. The number of aromatic nitrogens is 5. The minimum Gasteiger partial charge on any atom is -0.338 e. The van der Waals surface area contributed by atoms with Crippen LogP contribution >= 0.6 is 0 Å². The Bertz CT molecular complexity index is 1410. The Morgan fingerprint density at radius 3 is 2.03 bits per heavy atom. The number of nitrogens with zero attached hydrogens (tertiary/aromatic N) is 5. The van der Waals surface area contributed by atoms with Crippen LogP contribution in [0.5, 0.6) is 0 Å². The van der Waals surface area contributed by atoms with Crippen molar-refractivity contribution in [3.05, 3.63) is 41.1 Å². The average Bonchev–Trinajstić information content (AvgIpc) is 3.10. The molecular weight excluding hydrogens is 587 g/mol. The fourth-order valence-corrected chi connectivity index (χ4v) is 5.48. The summed E-state index contributed by atoms with van der Waals surface area (Å²) in [5.41, 5.74) is 6.36. The normalized spacial score (nSPS) is 17.5. The Labute approximate surface area is 210 Å². The maximum atomic E-state index is 5.11. The first-order valence-corrected chi connectivity index (χ1v) is 11.6. The van der Waals surface area contributed by atoms with Crippen LogP contribution in [0.15, 0.2) is 12.1 Å². The van der Waals surface area contributed by atoms with Gasteiger partial charge >= 0.3 is 0 Å². The van der Waals surface area contributed by atoms with Gasteiger partial charge in [0.2, 0.25) is 0 Å². The maximum absolute atomic E-state index is 5.11. The molecule has 1 aliphatic carbocycles. The number of rotatable bonds is 0. The zero-order valence-electron chi connectivity index (χ0n) is 21.4. The van der Waals surface area contributed by atoms with E-state index in [0.29, 0.717) is 5.65 Å². The van der Waals surface area contributed by atoms with Gasteiger partial charge in [0.1, 0.15) is 5.82 Å². The van der Waals surface area contributed by atoms with Crippen molar-refractivity contribution in [2.45, 2.75) is 97.3 Å². The van der Waals surface area contributed by atoms with Gasteiger partial charge in [-0.15, -0.1) is 0 Å². The molecule has 1 aliphatic rings. The van der Waals surface area contributed by atoms with Crippen molar-refractivity contribution in [1.82, 2.24) is 24.3 Å². The largest absolute Gasteiger partial charge is 0.338 e. The zero-order chi connectivity index (χ0) is 23.4. The molecule has 5 rings (SSSR count). The van der Waals surface area contributed by atoms with Crippen molar-refractivity contribution in [3.8, 4) is 0 Å². The van der Waals surface area contributed by atoms with E-state index < -0.39 is 0 Å². The molecule has 1 radical (unpaired) electrons. The molecule has 0 spiro atoms. The predicted molar refractivity (Wildman–Crippen MR) is 130 cm³/mol. The first-order valence-electron chi connectivity index (χ1n) is 11.6. The standard InChI is InChI=1S/C27H34N5.Ir/c1-24(2,3)22-28-13-15-20(30-22)31-23(25(4,5)6)32-19-12-17-16(11-18(19)29-21(15)32)26(7,8)14-27(17,9)10;/h11-12H,14H2,1-10H3;/q-1;. The summed E-state index contributed by atoms with van der Waals surface area (Å²) < 4.78 is 2.22. The van der Waals surface area contributed by atoms with Gasteiger partial charge in [0.25, 0.3) is 0 Å². The van der Waals surface area contributed by atoms with Gasteiger partial charge in [-0.3, -0.25) is 9.97 Å². The molecule has 0 bridgehead atoms. The molecule has 0 aliphatic heterocycles. The Kier molecular flexibility index (Phi) is 5.18. The molecule has 0 fully saturated rings. The van der Waals surface area contributed by atoms with Crippen molar-refractivity contribution >= 4 is 27.7 Å². The number of imidazole rings is 1. The van der Waals surface area contributed by atoms with Crippen LogP contribution in [0.1, 0.15) is 98.4 Å². The first kappa shape index (κ1) is 24.2. The van der Waals surface area contributed by atoms with E-state index in [4.69, 9.17) is 15.0 Å². The molecular formula is C27H34IrN5-. The number of hydrogen-bond acceptors (Lipinski definition) is 4. The molecule has 0 saturated heterocycles. The number of hydrogen-bond donors (Lipinski definition) is 0. The minimum atomic E-state index is -0.180. The van der Waals surface area contributed by atoms with Gasteiger partial charge < -0.3 is 14.4 Å². The quantitative estimate of drug-likeness (QED) is 0.221. The molecule has 1 aromatic carbocycles. The van der Waals surface area contributed by atoms with Crippen molar-refractivity contribution in [1.29, 1.82) is 0 Å². The van der Waals surface area contributed by atoms with Gasteiger partial charge in [-0.05, 0) is 57.5 Å². The van der Waals surface area contributed by atoms with E-state index in [1.165, 1.54) is 11.1 Å². The molecule has 5 nitrogen and oxygen atoms in total. The summed E-state index contributed by atoms with van der Waals surface area (Å²) in [6, 6.07) is 4.65. The van der Waals surface area contributed by atoms with Crippen LogP contribution in [0.3, 0.4) is 0 Å². The molecule has 0 unspecified atom stereocenters. The fraction of sp³-hybridized carbons (Fsp3) is 0.556. The predicted octanol–water partition coefficient (Wildman–Crippen LogP) is 6.18. The van der Waals surface area contributed by atoms with Gasteiger partial charge in [0.15, 0.2) is 0 Å². The summed E-state index contributed by atoms with van der Waals surface area (Å²) in [5, 5.41) is 0.779. The van der Waals surface area contributed by atoms with E-state index in [1.54, 1.807) is 0 Å². The van der Waals surface area contributed by atoms with Crippen LogP contribution in [-0.4, -0.2) is 24.3 Å². The van der Waals surface area contributed by atoms with Gasteiger partial charge in [-0.25, -0.2) is 0 Å². The number of benzene rings is 1. The van der Waals surface area contributed by atoms with Crippen molar-refractivity contribution < 1.29 is 20.1 Å². The summed E-state index contributed by atoms with van der Waals surface area (Å²) in [5.74, 6) is 1.71. The van der Waals surface area contributed by atoms with E-state index in [1.807, 2.05) is 0 Å². The molecule has 3 heterocycles. The first-order chi connectivity index (χ1) is 14.6. The Morgan fingerprint density at radius 2 is 1.45 bits per heavy atom. The molecule has 0 amide bonds. The molecule has 3 aromatic heterocycles. The van der Waals surface area contributed by atoms with Crippen LogP contribution in [0.4, 0.5) is 0 Å². The SMILES string of the molecule is CC(C)(C)c1n[c-]c2c(n1)nc(C(C)(C)C)n1c3cc4c(cc3nc21)C(C)(C)CC4(C)C.[Ir]. The Morgan fingerprint density at radius 1 is 0.848 bits per heavy atom. The summed E-state index contributed by atoms with van der Waals surface area (Å²) >= 11 is 0. The van der Waals surface area contributed by atoms with Gasteiger partial charge in [-0.1, -0.05) is 69.2 Å². The van der Waals surface area contributed by atoms with E-state index >= 15 is 0 Å². The molecule has 0 atom stereocenters. The maximum Gasteiger partial charge on any atom is 0.103 e. The summed E-state index contributed by atoms with van der Waals surface area (Å²) in [7, 11) is 0. The van der Waals surface area contributed by atoms with Crippen molar-refractivity contribution in [2.24, 2.45) is 0 Å². The van der Waals surface area contributed by atoms with Crippen molar-refractivity contribution in [3.63, 3.8) is 0 Å². The van der Waals surface area contributed by atoms with Crippen LogP contribution in [-0.2, 0) is 41.8 Å². The monoisotopic (exact) mass is 621 g/mol.